The van der Waals surface area contributed by atoms with Crippen LogP contribution in [0.3, 0.4) is 0 Å². The summed E-state index contributed by atoms with van der Waals surface area (Å²) in [7, 11) is 0. The van der Waals surface area contributed by atoms with Crippen molar-refractivity contribution in [3.05, 3.63) is 28.5 Å². The van der Waals surface area contributed by atoms with E-state index in [1.165, 1.54) is 12.8 Å². The van der Waals surface area contributed by atoms with Gasteiger partial charge < -0.3 is 10.1 Å². The van der Waals surface area contributed by atoms with Gasteiger partial charge in [0.25, 0.3) is 0 Å². The second-order valence-electron chi connectivity index (χ2n) is 4.77. The highest BCUT2D eigenvalue weighted by Crippen LogP contribution is 2.28. The van der Waals surface area contributed by atoms with E-state index in [-0.39, 0.29) is 6.61 Å². The molecule has 4 nitrogen and oxygen atoms in total. The second kappa shape index (κ2) is 4.99. The fraction of sp³-hybridized carbons (Fsp3) is 0.462. The van der Waals surface area contributed by atoms with Crippen LogP contribution < -0.4 is 0 Å². The Bertz CT molecular complexity index is 550. The Kier molecular flexibility index (Phi) is 3.37. The summed E-state index contributed by atoms with van der Waals surface area (Å²) < 4.78 is 1.06. The van der Waals surface area contributed by atoms with Gasteiger partial charge in [-0.25, -0.2) is 4.98 Å². The average Bonchev–Trinajstić information content (AvgIpc) is 3.10. The summed E-state index contributed by atoms with van der Waals surface area (Å²) >= 11 is 3.46. The fourth-order valence-corrected chi connectivity index (χ4v) is 2.62. The molecule has 1 heterocycles. The summed E-state index contributed by atoms with van der Waals surface area (Å²) in [5.41, 5.74) is 2.05. The van der Waals surface area contributed by atoms with Crippen molar-refractivity contribution in [3.63, 3.8) is 0 Å². The molecule has 1 aromatic heterocycles. The van der Waals surface area contributed by atoms with Crippen LogP contribution in [-0.2, 0) is 6.54 Å². The van der Waals surface area contributed by atoms with Crippen LogP contribution in [0, 0.1) is 0 Å². The molecule has 0 aliphatic heterocycles. The molecule has 1 aromatic carbocycles. The molecule has 1 aliphatic carbocycles. The van der Waals surface area contributed by atoms with Gasteiger partial charge in [0.2, 0.25) is 0 Å². The van der Waals surface area contributed by atoms with E-state index < -0.39 is 0 Å². The van der Waals surface area contributed by atoms with Crippen LogP contribution >= 0.6 is 15.9 Å². The maximum Gasteiger partial charge on any atom is 0.121 e. The minimum absolute atomic E-state index is 0.211. The van der Waals surface area contributed by atoms with Crippen LogP contribution in [0.25, 0.3) is 11.0 Å². The van der Waals surface area contributed by atoms with E-state index in [0.717, 1.165) is 34.4 Å². The Labute approximate surface area is 114 Å². The van der Waals surface area contributed by atoms with Crippen molar-refractivity contribution >= 4 is 27.0 Å². The number of aromatic nitrogens is 2. The molecule has 18 heavy (non-hydrogen) atoms. The van der Waals surface area contributed by atoms with E-state index in [9.17, 15) is 0 Å². The summed E-state index contributed by atoms with van der Waals surface area (Å²) in [5.74, 6) is 0.975. The van der Waals surface area contributed by atoms with Crippen molar-refractivity contribution in [2.75, 3.05) is 13.2 Å². The van der Waals surface area contributed by atoms with Gasteiger partial charge in [0.05, 0.1) is 24.2 Å². The Hall–Kier alpha value is -0.910. The lowest BCUT2D eigenvalue weighted by atomic mass is 10.3. The van der Waals surface area contributed by atoms with Gasteiger partial charge in [-0.3, -0.25) is 4.90 Å². The molecule has 1 saturated carbocycles. The zero-order chi connectivity index (χ0) is 12.5. The Balaban J connectivity index is 1.80. The topological polar surface area (TPSA) is 52.1 Å². The van der Waals surface area contributed by atoms with Gasteiger partial charge in [-0.1, -0.05) is 15.9 Å². The third kappa shape index (κ3) is 2.58. The number of H-pyrrole nitrogens is 1. The van der Waals surface area contributed by atoms with E-state index in [0.29, 0.717) is 6.04 Å². The van der Waals surface area contributed by atoms with E-state index in [2.05, 4.69) is 30.8 Å². The second-order valence-corrected chi connectivity index (χ2v) is 5.69. The quantitative estimate of drug-likeness (QED) is 0.891. The molecule has 1 aliphatic rings. The van der Waals surface area contributed by atoms with Gasteiger partial charge in [-0.15, -0.1) is 0 Å². The molecule has 5 heteroatoms. The molecule has 0 unspecified atom stereocenters. The number of rotatable bonds is 5. The number of imidazole rings is 1. The molecular formula is C13H16BrN3O. The molecule has 2 N–H and O–H groups in total. The minimum atomic E-state index is 0.211. The van der Waals surface area contributed by atoms with Crippen LogP contribution in [0.5, 0.6) is 0 Å². The number of aromatic amines is 1. The van der Waals surface area contributed by atoms with E-state index in [1.807, 2.05) is 18.2 Å². The average molecular weight is 310 g/mol. The number of hydrogen-bond acceptors (Lipinski definition) is 3. The third-order valence-electron chi connectivity index (χ3n) is 3.30. The lowest BCUT2D eigenvalue weighted by Crippen LogP contribution is -2.29. The molecule has 1 fully saturated rings. The van der Waals surface area contributed by atoms with Gasteiger partial charge in [0.1, 0.15) is 5.82 Å². The molecule has 0 radical (unpaired) electrons. The molecule has 0 atom stereocenters. The Morgan fingerprint density at radius 2 is 2.28 bits per heavy atom. The van der Waals surface area contributed by atoms with Crippen molar-refractivity contribution < 1.29 is 5.11 Å². The monoisotopic (exact) mass is 309 g/mol. The predicted molar refractivity (Wildman–Crippen MR) is 74.3 cm³/mol. The first-order valence-corrected chi connectivity index (χ1v) is 7.04. The van der Waals surface area contributed by atoms with Crippen molar-refractivity contribution in [1.29, 1.82) is 0 Å². The zero-order valence-corrected chi connectivity index (χ0v) is 11.7. The zero-order valence-electron chi connectivity index (χ0n) is 10.1. The van der Waals surface area contributed by atoms with Crippen molar-refractivity contribution in [1.82, 2.24) is 14.9 Å². The largest absolute Gasteiger partial charge is 0.395 e. The molecule has 0 spiro atoms. The highest BCUT2D eigenvalue weighted by Gasteiger charge is 2.29. The minimum Gasteiger partial charge on any atom is -0.395 e. The Morgan fingerprint density at radius 1 is 1.44 bits per heavy atom. The summed E-state index contributed by atoms with van der Waals surface area (Å²) in [4.78, 5) is 10.2. The van der Waals surface area contributed by atoms with Crippen molar-refractivity contribution in [2.45, 2.75) is 25.4 Å². The van der Waals surface area contributed by atoms with Gasteiger partial charge in [-0.2, -0.15) is 0 Å². The van der Waals surface area contributed by atoms with E-state index in [1.54, 1.807) is 0 Å². The van der Waals surface area contributed by atoms with Crippen LogP contribution in [0.4, 0.5) is 0 Å². The number of aliphatic hydroxyl groups is 1. The number of halogens is 1. The first kappa shape index (κ1) is 12.1. The maximum absolute atomic E-state index is 9.09. The fourth-order valence-electron chi connectivity index (χ4n) is 2.26. The summed E-state index contributed by atoms with van der Waals surface area (Å²) in [6, 6.07) is 6.68. The predicted octanol–water partition coefficient (Wildman–Crippen LogP) is 2.28. The smallest absolute Gasteiger partial charge is 0.121 e. The van der Waals surface area contributed by atoms with Gasteiger partial charge in [0, 0.05) is 17.1 Å². The first-order valence-electron chi connectivity index (χ1n) is 6.25. The van der Waals surface area contributed by atoms with Crippen LogP contribution in [0.2, 0.25) is 0 Å². The lowest BCUT2D eigenvalue weighted by molar-refractivity contribution is 0.181. The number of aliphatic hydroxyl groups excluding tert-OH is 1. The maximum atomic E-state index is 9.09. The summed E-state index contributed by atoms with van der Waals surface area (Å²) in [5, 5.41) is 9.09. The standard InChI is InChI=1S/C13H16BrN3O/c14-9-1-4-11-12(7-9)16-13(15-11)8-17(5-6-18)10-2-3-10/h1,4,7,10,18H,2-3,5-6,8H2,(H,15,16). The number of benzene rings is 1. The molecule has 3 rings (SSSR count). The van der Waals surface area contributed by atoms with E-state index in [4.69, 9.17) is 5.11 Å². The Morgan fingerprint density at radius 3 is 3.00 bits per heavy atom. The number of fused-ring (bicyclic) bond motifs is 1. The number of hydrogen-bond donors (Lipinski definition) is 2. The van der Waals surface area contributed by atoms with Crippen molar-refractivity contribution in [3.8, 4) is 0 Å². The van der Waals surface area contributed by atoms with Gasteiger partial charge >= 0.3 is 0 Å². The van der Waals surface area contributed by atoms with Crippen molar-refractivity contribution in [2.24, 2.45) is 0 Å². The van der Waals surface area contributed by atoms with Crippen LogP contribution in [0.1, 0.15) is 18.7 Å². The molecule has 2 aromatic rings. The molecule has 96 valence electrons. The first-order chi connectivity index (χ1) is 8.76. The highest BCUT2D eigenvalue weighted by atomic mass is 79.9. The molecule has 0 saturated heterocycles. The van der Waals surface area contributed by atoms with Crippen LogP contribution in [0.15, 0.2) is 22.7 Å². The summed E-state index contributed by atoms with van der Waals surface area (Å²) in [6.45, 7) is 1.73. The van der Waals surface area contributed by atoms with E-state index >= 15 is 0 Å². The van der Waals surface area contributed by atoms with Gasteiger partial charge in [-0.05, 0) is 31.0 Å². The van der Waals surface area contributed by atoms with Crippen LogP contribution in [-0.4, -0.2) is 39.2 Å². The van der Waals surface area contributed by atoms with Gasteiger partial charge in [0.15, 0.2) is 0 Å². The molecule has 0 bridgehead atoms. The highest BCUT2D eigenvalue weighted by molar-refractivity contribution is 9.10. The molecular weight excluding hydrogens is 294 g/mol. The third-order valence-corrected chi connectivity index (χ3v) is 3.79. The molecule has 0 amide bonds. The number of nitrogens with one attached hydrogen (secondary N) is 1. The number of nitrogens with zero attached hydrogens (tertiary/aromatic N) is 2. The summed E-state index contributed by atoms with van der Waals surface area (Å²) in [6.07, 6.45) is 2.48. The normalized spacial score (nSPS) is 15.7. The SMILES string of the molecule is OCCN(Cc1nc2ccc(Br)cc2[nH]1)C1CC1. The lowest BCUT2D eigenvalue weighted by Gasteiger charge is -2.18.